The molecule has 0 saturated heterocycles. The van der Waals surface area contributed by atoms with Gasteiger partial charge in [0.15, 0.2) is 0 Å². The van der Waals surface area contributed by atoms with E-state index in [0.717, 1.165) is 0 Å². The third-order valence-corrected chi connectivity index (χ3v) is 2.86. The molecule has 2 N–H and O–H groups in total. The molecule has 0 aliphatic carbocycles. The number of hydrogen-bond acceptors (Lipinski definition) is 5. The van der Waals surface area contributed by atoms with Crippen LogP contribution < -0.4 is 15.4 Å². The summed E-state index contributed by atoms with van der Waals surface area (Å²) < 4.78 is 41.1. The Morgan fingerprint density at radius 3 is 2.54 bits per heavy atom. The van der Waals surface area contributed by atoms with Crippen LogP contribution in [0.4, 0.5) is 24.9 Å². The average molecular weight is 340 g/mol. The lowest BCUT2D eigenvalue weighted by molar-refractivity contribution is -0.274. The number of anilines is 2. The van der Waals surface area contributed by atoms with Crippen molar-refractivity contribution in [2.24, 2.45) is 0 Å². The Balaban J connectivity index is 2.39. The minimum Gasteiger partial charge on any atom is -0.406 e. The van der Waals surface area contributed by atoms with Crippen molar-refractivity contribution < 1.29 is 17.9 Å². The topological polar surface area (TPSA) is 59.1 Å². The second-order valence-electron chi connectivity index (χ2n) is 5.37. The molecule has 130 valence electrons. The standard InChI is InChI=1S/C16H19F3N4O/c1-4-20-15-22-13(9-14(23-15)21-10(2)3)11-6-5-7-12(8-11)24-16(17,18)19/h5-10H,4H2,1-3H3,(H2,20,21,22,23). The smallest absolute Gasteiger partial charge is 0.406 e. The zero-order chi connectivity index (χ0) is 17.7. The predicted octanol–water partition coefficient (Wildman–Crippen LogP) is 4.29. The van der Waals surface area contributed by atoms with Gasteiger partial charge in [-0.15, -0.1) is 13.2 Å². The molecule has 24 heavy (non-hydrogen) atoms. The van der Waals surface area contributed by atoms with Gasteiger partial charge in [0, 0.05) is 24.2 Å². The number of alkyl halides is 3. The molecule has 1 aromatic carbocycles. The molecule has 8 heteroatoms. The van der Waals surface area contributed by atoms with E-state index in [9.17, 15) is 13.2 Å². The molecule has 0 saturated carbocycles. The second kappa shape index (κ2) is 7.37. The van der Waals surface area contributed by atoms with Crippen molar-refractivity contribution in [3.63, 3.8) is 0 Å². The van der Waals surface area contributed by atoms with Gasteiger partial charge in [0.25, 0.3) is 0 Å². The lowest BCUT2D eigenvalue weighted by atomic mass is 10.1. The van der Waals surface area contributed by atoms with Crippen LogP contribution in [-0.2, 0) is 0 Å². The Kier molecular flexibility index (Phi) is 5.48. The molecule has 1 heterocycles. The van der Waals surface area contributed by atoms with Crippen LogP contribution in [0.2, 0.25) is 0 Å². The highest BCUT2D eigenvalue weighted by molar-refractivity contribution is 5.66. The molecule has 0 atom stereocenters. The lowest BCUT2D eigenvalue weighted by Gasteiger charge is -2.13. The Bertz CT molecular complexity index is 689. The fourth-order valence-electron chi connectivity index (χ4n) is 2.05. The van der Waals surface area contributed by atoms with E-state index >= 15 is 0 Å². The van der Waals surface area contributed by atoms with Crippen LogP contribution in [0.15, 0.2) is 30.3 Å². The zero-order valence-corrected chi connectivity index (χ0v) is 13.6. The predicted molar refractivity (Wildman–Crippen MR) is 87.1 cm³/mol. The number of nitrogens with zero attached hydrogens (tertiary/aromatic N) is 2. The minimum atomic E-state index is -4.73. The van der Waals surface area contributed by atoms with Crippen LogP contribution in [0, 0.1) is 0 Å². The summed E-state index contributed by atoms with van der Waals surface area (Å²) in [6, 6.07) is 7.54. The minimum absolute atomic E-state index is 0.155. The molecule has 0 bridgehead atoms. The number of aromatic nitrogens is 2. The number of nitrogens with one attached hydrogen (secondary N) is 2. The van der Waals surface area contributed by atoms with E-state index in [4.69, 9.17) is 0 Å². The molecule has 0 aliphatic rings. The maximum Gasteiger partial charge on any atom is 0.573 e. The average Bonchev–Trinajstić information content (AvgIpc) is 2.45. The summed E-state index contributed by atoms with van der Waals surface area (Å²) in [4.78, 5) is 8.67. The van der Waals surface area contributed by atoms with Crippen LogP contribution in [-0.4, -0.2) is 28.9 Å². The molecule has 0 fully saturated rings. The Hall–Kier alpha value is -2.51. The molecule has 0 radical (unpaired) electrons. The van der Waals surface area contributed by atoms with Gasteiger partial charge in [-0.25, -0.2) is 4.98 Å². The number of halogens is 3. The monoisotopic (exact) mass is 340 g/mol. The first-order valence-electron chi connectivity index (χ1n) is 7.52. The lowest BCUT2D eigenvalue weighted by Crippen LogP contribution is -2.17. The van der Waals surface area contributed by atoms with E-state index < -0.39 is 6.36 Å². The second-order valence-corrected chi connectivity index (χ2v) is 5.37. The van der Waals surface area contributed by atoms with Crippen LogP contribution in [0.1, 0.15) is 20.8 Å². The van der Waals surface area contributed by atoms with E-state index in [1.54, 1.807) is 12.1 Å². The zero-order valence-electron chi connectivity index (χ0n) is 13.6. The maximum absolute atomic E-state index is 12.4. The number of hydrogen-bond donors (Lipinski definition) is 2. The molecule has 0 unspecified atom stereocenters. The third-order valence-electron chi connectivity index (χ3n) is 2.86. The molecule has 1 aromatic heterocycles. The van der Waals surface area contributed by atoms with Crippen molar-refractivity contribution in [1.82, 2.24) is 9.97 Å². The van der Waals surface area contributed by atoms with Crippen molar-refractivity contribution in [2.45, 2.75) is 33.2 Å². The quantitative estimate of drug-likeness (QED) is 0.821. The molecular formula is C16H19F3N4O. The van der Waals surface area contributed by atoms with Gasteiger partial charge in [-0.3, -0.25) is 0 Å². The Labute approximate surface area is 138 Å². The normalized spacial score (nSPS) is 11.5. The number of benzene rings is 1. The first-order valence-corrected chi connectivity index (χ1v) is 7.52. The van der Waals surface area contributed by atoms with E-state index in [0.29, 0.717) is 29.6 Å². The summed E-state index contributed by atoms with van der Waals surface area (Å²) in [5, 5.41) is 6.17. The third kappa shape index (κ3) is 5.29. The van der Waals surface area contributed by atoms with Gasteiger partial charge in [-0.1, -0.05) is 12.1 Å². The van der Waals surface area contributed by atoms with Gasteiger partial charge in [0.05, 0.1) is 5.69 Å². The summed E-state index contributed by atoms with van der Waals surface area (Å²) in [5.74, 6) is 0.704. The molecule has 0 spiro atoms. The van der Waals surface area contributed by atoms with E-state index in [-0.39, 0.29) is 11.8 Å². The van der Waals surface area contributed by atoms with E-state index in [2.05, 4.69) is 25.3 Å². The molecule has 2 aromatic rings. The van der Waals surface area contributed by atoms with Gasteiger partial charge in [-0.2, -0.15) is 4.98 Å². The summed E-state index contributed by atoms with van der Waals surface area (Å²) in [6.45, 7) is 6.46. The van der Waals surface area contributed by atoms with Crippen LogP contribution in [0.25, 0.3) is 11.3 Å². The first-order chi connectivity index (χ1) is 11.3. The van der Waals surface area contributed by atoms with E-state index in [1.165, 1.54) is 18.2 Å². The van der Waals surface area contributed by atoms with Crippen LogP contribution in [0.5, 0.6) is 5.75 Å². The summed E-state index contributed by atoms with van der Waals surface area (Å²) in [6.07, 6.45) is -4.73. The number of ether oxygens (including phenoxy) is 1. The van der Waals surface area contributed by atoms with Crippen molar-refractivity contribution in [3.8, 4) is 17.0 Å². The highest BCUT2D eigenvalue weighted by Crippen LogP contribution is 2.28. The van der Waals surface area contributed by atoms with Crippen molar-refractivity contribution in [1.29, 1.82) is 0 Å². The van der Waals surface area contributed by atoms with E-state index in [1.807, 2.05) is 20.8 Å². The largest absolute Gasteiger partial charge is 0.573 e. The Morgan fingerprint density at radius 2 is 1.92 bits per heavy atom. The summed E-state index contributed by atoms with van der Waals surface area (Å²) in [5.41, 5.74) is 1.00. The highest BCUT2D eigenvalue weighted by atomic mass is 19.4. The van der Waals surface area contributed by atoms with Gasteiger partial charge in [0.2, 0.25) is 5.95 Å². The van der Waals surface area contributed by atoms with Crippen LogP contribution >= 0.6 is 0 Å². The van der Waals surface area contributed by atoms with Gasteiger partial charge in [-0.05, 0) is 32.9 Å². The molecule has 0 aliphatic heterocycles. The van der Waals surface area contributed by atoms with Crippen molar-refractivity contribution >= 4 is 11.8 Å². The molecule has 5 nitrogen and oxygen atoms in total. The highest BCUT2D eigenvalue weighted by Gasteiger charge is 2.31. The summed E-state index contributed by atoms with van der Waals surface area (Å²) in [7, 11) is 0. The van der Waals surface area contributed by atoms with Gasteiger partial charge >= 0.3 is 6.36 Å². The fraction of sp³-hybridized carbons (Fsp3) is 0.375. The molecule has 0 amide bonds. The number of rotatable bonds is 6. The maximum atomic E-state index is 12.4. The first kappa shape index (κ1) is 17.8. The molecular weight excluding hydrogens is 321 g/mol. The van der Waals surface area contributed by atoms with Gasteiger partial charge in [0.1, 0.15) is 11.6 Å². The molecule has 2 rings (SSSR count). The fourth-order valence-corrected chi connectivity index (χ4v) is 2.05. The van der Waals surface area contributed by atoms with Gasteiger partial charge < -0.3 is 15.4 Å². The SMILES string of the molecule is CCNc1nc(NC(C)C)cc(-c2cccc(OC(F)(F)F)c2)n1. The van der Waals surface area contributed by atoms with Crippen molar-refractivity contribution in [2.75, 3.05) is 17.2 Å². The summed E-state index contributed by atoms with van der Waals surface area (Å²) >= 11 is 0. The van der Waals surface area contributed by atoms with Crippen molar-refractivity contribution in [3.05, 3.63) is 30.3 Å². The Morgan fingerprint density at radius 1 is 1.17 bits per heavy atom. The van der Waals surface area contributed by atoms with Crippen LogP contribution in [0.3, 0.4) is 0 Å².